The van der Waals surface area contributed by atoms with Crippen LogP contribution in [0.25, 0.3) is 0 Å². The molecule has 0 radical (unpaired) electrons. The van der Waals surface area contributed by atoms with Crippen molar-refractivity contribution in [2.75, 3.05) is 5.32 Å². The van der Waals surface area contributed by atoms with Gasteiger partial charge in [0.1, 0.15) is 0 Å². The van der Waals surface area contributed by atoms with Gasteiger partial charge < -0.3 is 5.32 Å². The van der Waals surface area contributed by atoms with Gasteiger partial charge in [-0.25, -0.2) is 0 Å². The molecule has 0 aromatic heterocycles. The first-order valence-corrected chi connectivity index (χ1v) is 5.39. The van der Waals surface area contributed by atoms with Crippen LogP contribution in [0.15, 0.2) is 22.7 Å². The van der Waals surface area contributed by atoms with Crippen molar-refractivity contribution in [1.29, 1.82) is 0 Å². The summed E-state index contributed by atoms with van der Waals surface area (Å²) in [5, 5.41) is 2.93. The third-order valence-corrected chi connectivity index (χ3v) is 3.25. The molecule has 74 valence electrons. The van der Waals surface area contributed by atoms with Crippen LogP contribution in [0.3, 0.4) is 0 Å². The second-order valence-corrected chi connectivity index (χ2v) is 5.14. The van der Waals surface area contributed by atoms with Gasteiger partial charge in [-0.05, 0) is 34.0 Å². The molecule has 0 fully saturated rings. The number of para-hydroxylation sites is 1. The fourth-order valence-electron chi connectivity index (χ4n) is 1.70. The lowest BCUT2D eigenvalue weighted by Crippen LogP contribution is -2.37. The summed E-state index contributed by atoms with van der Waals surface area (Å²) in [6.45, 7) is 3.93. The van der Waals surface area contributed by atoms with Crippen molar-refractivity contribution in [2.45, 2.75) is 20.3 Å². The Morgan fingerprint density at radius 1 is 1.43 bits per heavy atom. The van der Waals surface area contributed by atoms with Crippen molar-refractivity contribution in [3.63, 3.8) is 0 Å². The predicted octanol–water partition coefficient (Wildman–Crippen LogP) is 2.97. The van der Waals surface area contributed by atoms with E-state index in [1.165, 1.54) is 5.56 Å². The molecule has 1 aromatic carbocycles. The molecule has 1 heterocycles. The number of hydrogen-bond acceptors (Lipinski definition) is 1. The zero-order valence-electron chi connectivity index (χ0n) is 8.23. The van der Waals surface area contributed by atoms with Crippen molar-refractivity contribution in [3.05, 3.63) is 28.2 Å². The summed E-state index contributed by atoms with van der Waals surface area (Å²) < 4.78 is 0.957. The molecule has 0 bridgehead atoms. The van der Waals surface area contributed by atoms with Gasteiger partial charge in [0, 0.05) is 9.89 Å². The maximum Gasteiger partial charge on any atom is 0.230 e. The first kappa shape index (κ1) is 9.71. The van der Waals surface area contributed by atoms with Gasteiger partial charge in [-0.2, -0.15) is 0 Å². The number of halogens is 1. The molecule has 1 aromatic rings. The third kappa shape index (κ3) is 1.46. The highest BCUT2D eigenvalue weighted by Gasteiger charge is 2.33. The molecule has 0 spiro atoms. The summed E-state index contributed by atoms with van der Waals surface area (Å²) in [6.07, 6.45) is 0.799. The second kappa shape index (κ2) is 3.09. The highest BCUT2D eigenvalue weighted by Crippen LogP contribution is 2.36. The molecule has 0 aliphatic carbocycles. The second-order valence-electron chi connectivity index (χ2n) is 4.29. The number of nitrogens with one attached hydrogen (secondary N) is 1. The number of hydrogen-bond donors (Lipinski definition) is 1. The van der Waals surface area contributed by atoms with Crippen LogP contribution in [0.5, 0.6) is 0 Å². The Balaban J connectivity index is 2.51. The molecule has 1 aliphatic rings. The highest BCUT2D eigenvalue weighted by atomic mass is 79.9. The Hall–Kier alpha value is -0.830. The number of anilines is 1. The first-order chi connectivity index (χ1) is 6.50. The zero-order valence-corrected chi connectivity index (χ0v) is 9.81. The maximum absolute atomic E-state index is 11.7. The molecule has 0 unspecified atom stereocenters. The number of amides is 1. The molecule has 1 aliphatic heterocycles. The minimum Gasteiger partial charge on any atom is -0.324 e. The molecule has 0 saturated heterocycles. The minimum absolute atomic E-state index is 0.0944. The van der Waals surface area contributed by atoms with Crippen LogP contribution >= 0.6 is 15.9 Å². The molecule has 2 rings (SSSR count). The van der Waals surface area contributed by atoms with Gasteiger partial charge in [-0.1, -0.05) is 26.0 Å². The van der Waals surface area contributed by atoms with Crippen molar-refractivity contribution >= 4 is 27.5 Å². The van der Waals surface area contributed by atoms with E-state index in [-0.39, 0.29) is 11.3 Å². The topological polar surface area (TPSA) is 29.1 Å². The van der Waals surface area contributed by atoms with E-state index in [4.69, 9.17) is 0 Å². The molecular formula is C11H12BrNO. The Kier molecular flexibility index (Phi) is 2.14. The number of carbonyl (C=O) groups is 1. The quantitative estimate of drug-likeness (QED) is 0.757. The minimum atomic E-state index is -0.298. The number of rotatable bonds is 0. The molecule has 14 heavy (non-hydrogen) atoms. The molecule has 0 saturated carbocycles. The van der Waals surface area contributed by atoms with Crippen molar-refractivity contribution < 1.29 is 4.79 Å². The fraction of sp³-hybridized carbons (Fsp3) is 0.364. The summed E-state index contributed by atoms with van der Waals surface area (Å²) in [5.74, 6) is 0.0944. The third-order valence-electron chi connectivity index (χ3n) is 2.59. The van der Waals surface area contributed by atoms with E-state index in [1.807, 2.05) is 26.0 Å². The molecule has 1 amide bonds. The van der Waals surface area contributed by atoms with Gasteiger partial charge in [-0.3, -0.25) is 4.79 Å². The Bertz CT molecular complexity index is 398. The first-order valence-electron chi connectivity index (χ1n) is 4.59. The molecule has 3 heteroatoms. The van der Waals surface area contributed by atoms with E-state index in [1.54, 1.807) is 0 Å². The number of carbonyl (C=O) groups excluding carboxylic acids is 1. The van der Waals surface area contributed by atoms with E-state index in [0.717, 1.165) is 16.6 Å². The summed E-state index contributed by atoms with van der Waals surface area (Å²) in [6, 6.07) is 6.00. The number of benzene rings is 1. The van der Waals surface area contributed by atoms with Crippen LogP contribution in [0.1, 0.15) is 19.4 Å². The molecular weight excluding hydrogens is 242 g/mol. The fourth-order valence-corrected chi connectivity index (χ4v) is 2.20. The largest absolute Gasteiger partial charge is 0.324 e. The van der Waals surface area contributed by atoms with Gasteiger partial charge >= 0.3 is 0 Å². The number of fused-ring (bicyclic) bond motifs is 1. The van der Waals surface area contributed by atoms with Crippen LogP contribution in [0, 0.1) is 5.41 Å². The normalized spacial score (nSPS) is 18.6. The van der Waals surface area contributed by atoms with E-state index >= 15 is 0 Å². The van der Waals surface area contributed by atoms with Gasteiger partial charge in [-0.15, -0.1) is 0 Å². The monoisotopic (exact) mass is 253 g/mol. The summed E-state index contributed by atoms with van der Waals surface area (Å²) in [5.41, 5.74) is 1.83. The standard InChI is InChI=1S/C11H12BrNO/c1-11(2)6-7-4-3-5-8(12)9(7)13-10(11)14/h3-5H,6H2,1-2H3,(H,13,14). The van der Waals surface area contributed by atoms with Crippen LogP contribution in [0.2, 0.25) is 0 Å². The Morgan fingerprint density at radius 3 is 2.86 bits per heavy atom. The zero-order chi connectivity index (χ0) is 10.3. The molecule has 1 N–H and O–H groups in total. The molecule has 2 nitrogen and oxygen atoms in total. The van der Waals surface area contributed by atoms with E-state index in [2.05, 4.69) is 27.3 Å². The van der Waals surface area contributed by atoms with Crippen LogP contribution in [-0.4, -0.2) is 5.91 Å². The van der Waals surface area contributed by atoms with Gasteiger partial charge in [0.2, 0.25) is 5.91 Å². The lowest BCUT2D eigenvalue weighted by molar-refractivity contribution is -0.124. The van der Waals surface area contributed by atoms with Crippen molar-refractivity contribution in [2.24, 2.45) is 5.41 Å². The summed E-state index contributed by atoms with van der Waals surface area (Å²) in [7, 11) is 0. The smallest absolute Gasteiger partial charge is 0.230 e. The average Bonchev–Trinajstić information content (AvgIpc) is 2.08. The Labute approximate surface area is 91.8 Å². The predicted molar refractivity (Wildman–Crippen MR) is 60.3 cm³/mol. The van der Waals surface area contributed by atoms with E-state index in [0.29, 0.717) is 0 Å². The lowest BCUT2D eigenvalue weighted by Gasteiger charge is -2.30. The maximum atomic E-state index is 11.7. The van der Waals surface area contributed by atoms with Crippen molar-refractivity contribution in [3.8, 4) is 0 Å². The van der Waals surface area contributed by atoms with Crippen LogP contribution in [0.4, 0.5) is 5.69 Å². The van der Waals surface area contributed by atoms with Crippen LogP contribution in [-0.2, 0) is 11.2 Å². The highest BCUT2D eigenvalue weighted by molar-refractivity contribution is 9.10. The van der Waals surface area contributed by atoms with Crippen LogP contribution < -0.4 is 5.32 Å². The Morgan fingerprint density at radius 2 is 2.14 bits per heavy atom. The average molecular weight is 254 g/mol. The van der Waals surface area contributed by atoms with E-state index < -0.39 is 0 Å². The summed E-state index contributed by atoms with van der Waals surface area (Å²) >= 11 is 3.43. The summed E-state index contributed by atoms with van der Waals surface area (Å²) in [4.78, 5) is 11.7. The van der Waals surface area contributed by atoms with Gasteiger partial charge in [0.25, 0.3) is 0 Å². The molecule has 0 atom stereocenters. The van der Waals surface area contributed by atoms with Gasteiger partial charge in [0.15, 0.2) is 0 Å². The SMILES string of the molecule is CC1(C)Cc2cccc(Br)c2NC1=O. The van der Waals surface area contributed by atoms with Gasteiger partial charge in [0.05, 0.1) is 5.69 Å². The van der Waals surface area contributed by atoms with E-state index in [9.17, 15) is 4.79 Å². The lowest BCUT2D eigenvalue weighted by atomic mass is 9.81. The van der Waals surface area contributed by atoms with Crippen molar-refractivity contribution in [1.82, 2.24) is 0 Å².